The molecule has 2 rings (SSSR count). The Morgan fingerprint density at radius 3 is 2.27 bits per heavy atom. The average molecular weight is 377 g/mol. The van der Waals surface area contributed by atoms with E-state index in [4.69, 9.17) is 28.8 Å². The third kappa shape index (κ3) is 5.49. The van der Waals surface area contributed by atoms with Gasteiger partial charge in [-0.15, -0.1) is 0 Å². The minimum absolute atomic E-state index is 0.322. The quantitative estimate of drug-likeness (QED) is 0.396. The van der Waals surface area contributed by atoms with Gasteiger partial charge in [0, 0.05) is 38.4 Å². The molecule has 0 radical (unpaired) electrons. The highest BCUT2D eigenvalue weighted by atomic mass is 35.5. The molecule has 1 aromatic rings. The maximum absolute atomic E-state index is 6.51. The Hall–Kier alpha value is -2.02. The highest BCUT2D eigenvalue weighted by Crippen LogP contribution is 2.24. The SMILES string of the molecule is CC(N)=C(C(N)=NCCN1CCN(C)CC1)/C(Cl)=C(\N)c1ccccc1. The van der Waals surface area contributed by atoms with E-state index >= 15 is 0 Å². The summed E-state index contributed by atoms with van der Waals surface area (Å²) in [4.78, 5) is 9.19. The highest BCUT2D eigenvalue weighted by molar-refractivity contribution is 6.38. The first-order valence-electron chi connectivity index (χ1n) is 8.78. The number of hydrogen-bond donors (Lipinski definition) is 3. The molecule has 0 saturated carbocycles. The average Bonchev–Trinajstić information content (AvgIpc) is 2.63. The molecule has 0 aliphatic carbocycles. The predicted octanol–water partition coefficient (Wildman–Crippen LogP) is 1.39. The Morgan fingerprint density at radius 1 is 1.08 bits per heavy atom. The van der Waals surface area contributed by atoms with E-state index in [0.29, 0.717) is 34.4 Å². The molecule has 1 fully saturated rings. The van der Waals surface area contributed by atoms with Crippen LogP contribution in [0.1, 0.15) is 12.5 Å². The smallest absolute Gasteiger partial charge is 0.129 e. The van der Waals surface area contributed by atoms with E-state index in [-0.39, 0.29) is 0 Å². The van der Waals surface area contributed by atoms with Crippen LogP contribution in [-0.4, -0.2) is 62.0 Å². The molecular weight excluding hydrogens is 348 g/mol. The third-order valence-corrected chi connectivity index (χ3v) is 4.88. The van der Waals surface area contributed by atoms with Crippen LogP contribution in [0.3, 0.4) is 0 Å². The molecular formula is C19H29ClN6. The minimum Gasteiger partial charge on any atom is -0.402 e. The van der Waals surface area contributed by atoms with E-state index in [2.05, 4.69) is 21.8 Å². The number of piperazine rings is 1. The number of amidine groups is 1. The number of benzene rings is 1. The van der Waals surface area contributed by atoms with Gasteiger partial charge in [0.05, 0.1) is 22.8 Å². The van der Waals surface area contributed by atoms with Crippen LogP contribution in [0.2, 0.25) is 0 Å². The van der Waals surface area contributed by atoms with Crippen LogP contribution in [0.15, 0.2) is 51.6 Å². The molecule has 1 aromatic carbocycles. The molecule has 0 unspecified atom stereocenters. The standard InChI is InChI=1S/C19H29ClN6/c1-14(21)16(17(20)18(22)15-6-4-3-5-7-15)19(23)24-8-9-26-12-10-25(2)11-13-26/h3-7H,8-13,21-22H2,1-2H3,(H2,23,24)/b16-14?,18-17+. The molecule has 142 valence electrons. The van der Waals surface area contributed by atoms with Crippen molar-refractivity contribution in [1.82, 2.24) is 9.80 Å². The maximum atomic E-state index is 6.51. The molecule has 1 aliphatic heterocycles. The number of halogens is 1. The van der Waals surface area contributed by atoms with Crippen LogP contribution >= 0.6 is 11.6 Å². The number of likely N-dealkylation sites (N-methyl/N-ethyl adjacent to an activating group) is 1. The third-order valence-electron chi connectivity index (χ3n) is 4.49. The first-order chi connectivity index (χ1) is 12.4. The van der Waals surface area contributed by atoms with Crippen LogP contribution in [0, 0.1) is 0 Å². The van der Waals surface area contributed by atoms with Gasteiger partial charge in [-0.25, -0.2) is 0 Å². The van der Waals surface area contributed by atoms with Gasteiger partial charge >= 0.3 is 0 Å². The van der Waals surface area contributed by atoms with Gasteiger partial charge in [0.25, 0.3) is 0 Å². The predicted molar refractivity (Wildman–Crippen MR) is 111 cm³/mol. The van der Waals surface area contributed by atoms with Gasteiger partial charge in [-0.1, -0.05) is 41.9 Å². The van der Waals surface area contributed by atoms with Crippen molar-refractivity contribution in [3.63, 3.8) is 0 Å². The maximum Gasteiger partial charge on any atom is 0.129 e. The summed E-state index contributed by atoms with van der Waals surface area (Å²) >= 11 is 6.51. The number of aliphatic imine (C=N–C) groups is 1. The van der Waals surface area contributed by atoms with Crippen LogP contribution in [0.5, 0.6) is 0 Å². The van der Waals surface area contributed by atoms with Crippen LogP contribution in [0.25, 0.3) is 5.70 Å². The van der Waals surface area contributed by atoms with Crippen molar-refractivity contribution in [3.8, 4) is 0 Å². The van der Waals surface area contributed by atoms with E-state index < -0.39 is 0 Å². The van der Waals surface area contributed by atoms with Gasteiger partial charge in [-0.2, -0.15) is 0 Å². The van der Waals surface area contributed by atoms with E-state index in [9.17, 15) is 0 Å². The van der Waals surface area contributed by atoms with E-state index in [1.165, 1.54) is 0 Å². The van der Waals surface area contributed by atoms with Crippen molar-refractivity contribution in [2.45, 2.75) is 6.92 Å². The summed E-state index contributed by atoms with van der Waals surface area (Å²) in [5.41, 5.74) is 20.7. The van der Waals surface area contributed by atoms with Crippen molar-refractivity contribution < 1.29 is 0 Å². The number of nitrogens with zero attached hydrogens (tertiary/aromatic N) is 3. The molecule has 1 aliphatic rings. The molecule has 7 heteroatoms. The summed E-state index contributed by atoms with van der Waals surface area (Å²) in [5, 5.41) is 0.331. The summed E-state index contributed by atoms with van der Waals surface area (Å²) in [6.07, 6.45) is 0. The molecule has 0 aromatic heterocycles. The van der Waals surface area contributed by atoms with Crippen molar-refractivity contribution in [2.24, 2.45) is 22.2 Å². The van der Waals surface area contributed by atoms with Crippen molar-refractivity contribution in [1.29, 1.82) is 0 Å². The first-order valence-corrected chi connectivity index (χ1v) is 9.16. The van der Waals surface area contributed by atoms with Crippen LogP contribution < -0.4 is 17.2 Å². The second-order valence-electron chi connectivity index (χ2n) is 6.56. The van der Waals surface area contributed by atoms with Gasteiger partial charge in [0.15, 0.2) is 0 Å². The first kappa shape index (κ1) is 20.3. The molecule has 6 nitrogen and oxygen atoms in total. The fourth-order valence-electron chi connectivity index (χ4n) is 2.83. The Kier molecular flexibility index (Phi) is 7.50. The van der Waals surface area contributed by atoms with Crippen molar-refractivity contribution >= 4 is 23.1 Å². The Bertz CT molecular complexity index is 683. The Labute approximate surface area is 161 Å². The lowest BCUT2D eigenvalue weighted by atomic mass is 10.1. The molecule has 26 heavy (non-hydrogen) atoms. The molecule has 1 saturated heterocycles. The van der Waals surface area contributed by atoms with Crippen molar-refractivity contribution in [2.75, 3.05) is 46.3 Å². The zero-order chi connectivity index (χ0) is 19.1. The molecule has 0 atom stereocenters. The van der Waals surface area contributed by atoms with Gasteiger partial charge in [0.1, 0.15) is 5.84 Å². The Balaban J connectivity index is 2.10. The van der Waals surface area contributed by atoms with E-state index in [1.54, 1.807) is 6.92 Å². The zero-order valence-corrected chi connectivity index (χ0v) is 16.3. The zero-order valence-electron chi connectivity index (χ0n) is 15.6. The van der Waals surface area contributed by atoms with E-state index in [1.807, 2.05) is 30.3 Å². The number of nitrogens with two attached hydrogens (primary N) is 3. The molecule has 0 spiro atoms. The lowest BCUT2D eigenvalue weighted by molar-refractivity contribution is 0.157. The Morgan fingerprint density at radius 2 is 1.69 bits per heavy atom. The summed E-state index contributed by atoms with van der Waals surface area (Å²) in [6, 6.07) is 9.50. The van der Waals surface area contributed by atoms with Gasteiger partial charge < -0.3 is 22.1 Å². The second-order valence-corrected chi connectivity index (χ2v) is 6.94. The normalized spacial score (nSPS) is 19.1. The highest BCUT2D eigenvalue weighted by Gasteiger charge is 2.16. The van der Waals surface area contributed by atoms with Gasteiger partial charge in [0.2, 0.25) is 0 Å². The van der Waals surface area contributed by atoms with Gasteiger partial charge in [-0.05, 0) is 19.5 Å². The molecule has 0 bridgehead atoms. The van der Waals surface area contributed by atoms with Crippen LogP contribution in [-0.2, 0) is 0 Å². The van der Waals surface area contributed by atoms with Gasteiger partial charge in [-0.3, -0.25) is 9.89 Å². The summed E-state index contributed by atoms with van der Waals surface area (Å²) < 4.78 is 0. The minimum atomic E-state index is 0.322. The summed E-state index contributed by atoms with van der Waals surface area (Å²) in [5.74, 6) is 0.322. The number of hydrogen-bond acceptors (Lipinski definition) is 5. The summed E-state index contributed by atoms with van der Waals surface area (Å²) in [7, 11) is 2.14. The van der Waals surface area contributed by atoms with Crippen LogP contribution in [0.4, 0.5) is 0 Å². The number of rotatable bonds is 6. The monoisotopic (exact) mass is 376 g/mol. The lowest BCUT2D eigenvalue weighted by Crippen LogP contribution is -2.45. The molecule has 1 heterocycles. The topological polar surface area (TPSA) is 96.9 Å². The number of allylic oxidation sites excluding steroid dienone is 1. The molecule has 6 N–H and O–H groups in total. The largest absolute Gasteiger partial charge is 0.402 e. The molecule has 0 amide bonds. The fraction of sp³-hybridized carbons (Fsp3) is 0.421. The summed E-state index contributed by atoms with van der Waals surface area (Å²) in [6.45, 7) is 7.46. The van der Waals surface area contributed by atoms with E-state index in [0.717, 1.165) is 38.3 Å². The lowest BCUT2D eigenvalue weighted by Gasteiger charge is -2.31. The van der Waals surface area contributed by atoms with Crippen molar-refractivity contribution in [3.05, 3.63) is 52.2 Å². The fourth-order valence-corrected chi connectivity index (χ4v) is 3.18. The second kappa shape index (κ2) is 9.62.